The normalized spacial score (nSPS) is 11.4. The van der Waals surface area contributed by atoms with Crippen LogP contribution in [-0.2, 0) is 10.5 Å². The third kappa shape index (κ3) is 3.81. The summed E-state index contributed by atoms with van der Waals surface area (Å²) in [5.74, 6) is -0.845. The number of aliphatic carboxylic acids is 1. The second-order valence-electron chi connectivity index (χ2n) is 3.80. The number of hydrogen-bond donors (Lipinski definition) is 3. The second-order valence-corrected chi connectivity index (χ2v) is 4.23. The SMILES string of the molecule is NC(N)(CCCC(=O)O)c1cccc(Cl)c1. The van der Waals surface area contributed by atoms with Gasteiger partial charge in [-0.15, -0.1) is 0 Å². The van der Waals surface area contributed by atoms with E-state index in [1.807, 2.05) is 0 Å². The minimum atomic E-state index is -1.03. The lowest BCUT2D eigenvalue weighted by Crippen LogP contribution is -2.46. The first-order valence-corrected chi connectivity index (χ1v) is 5.35. The molecule has 0 amide bonds. The molecule has 1 aromatic carbocycles. The summed E-state index contributed by atoms with van der Waals surface area (Å²) in [5, 5.41) is 9.09. The lowest BCUT2D eigenvalue weighted by atomic mass is 9.95. The predicted octanol–water partition coefficient (Wildman–Crippen LogP) is 1.67. The summed E-state index contributed by atoms with van der Waals surface area (Å²) in [6.07, 6.45) is 0.908. The van der Waals surface area contributed by atoms with Crippen LogP contribution in [0, 0.1) is 0 Å². The first-order chi connectivity index (χ1) is 7.42. The average Bonchev–Trinajstić information content (AvgIpc) is 2.16. The Hall–Kier alpha value is -1.10. The van der Waals surface area contributed by atoms with Gasteiger partial charge in [-0.05, 0) is 30.5 Å². The molecule has 0 fully saturated rings. The molecule has 0 atom stereocenters. The number of carbonyl (C=O) groups is 1. The second kappa shape index (κ2) is 5.30. The summed E-state index contributed by atoms with van der Waals surface area (Å²) in [4.78, 5) is 10.4. The van der Waals surface area contributed by atoms with E-state index in [1.165, 1.54) is 0 Å². The molecule has 1 rings (SSSR count). The fourth-order valence-electron chi connectivity index (χ4n) is 1.45. The Kier molecular flexibility index (Phi) is 4.29. The van der Waals surface area contributed by atoms with Gasteiger partial charge in [-0.25, -0.2) is 0 Å². The summed E-state index contributed by atoms with van der Waals surface area (Å²) < 4.78 is 0. The maximum Gasteiger partial charge on any atom is 0.303 e. The molecule has 88 valence electrons. The first kappa shape index (κ1) is 13.0. The molecule has 0 radical (unpaired) electrons. The molecule has 0 aliphatic heterocycles. The molecule has 0 bridgehead atoms. The Morgan fingerprint density at radius 3 is 2.69 bits per heavy atom. The van der Waals surface area contributed by atoms with Gasteiger partial charge in [-0.2, -0.15) is 0 Å². The molecule has 5 N–H and O–H groups in total. The van der Waals surface area contributed by atoms with Crippen molar-refractivity contribution >= 4 is 17.6 Å². The molecule has 1 aromatic rings. The molecule has 4 nitrogen and oxygen atoms in total. The lowest BCUT2D eigenvalue weighted by molar-refractivity contribution is -0.137. The van der Waals surface area contributed by atoms with E-state index in [2.05, 4.69) is 0 Å². The third-order valence-electron chi connectivity index (χ3n) is 2.34. The van der Waals surface area contributed by atoms with Crippen LogP contribution < -0.4 is 11.5 Å². The van der Waals surface area contributed by atoms with Crippen LogP contribution in [0.5, 0.6) is 0 Å². The van der Waals surface area contributed by atoms with E-state index in [9.17, 15) is 4.79 Å². The number of rotatable bonds is 5. The van der Waals surface area contributed by atoms with Crippen LogP contribution in [0.15, 0.2) is 24.3 Å². The van der Waals surface area contributed by atoms with Crippen molar-refractivity contribution in [2.75, 3.05) is 0 Å². The van der Waals surface area contributed by atoms with Gasteiger partial charge in [0, 0.05) is 11.4 Å². The van der Waals surface area contributed by atoms with Crippen LogP contribution in [0.3, 0.4) is 0 Å². The fourth-order valence-corrected chi connectivity index (χ4v) is 1.64. The van der Waals surface area contributed by atoms with E-state index in [1.54, 1.807) is 24.3 Å². The minimum absolute atomic E-state index is 0.0662. The number of benzene rings is 1. The molecule has 0 aromatic heterocycles. The zero-order valence-corrected chi connectivity index (χ0v) is 9.57. The molecule has 0 aliphatic carbocycles. The van der Waals surface area contributed by atoms with Crippen molar-refractivity contribution in [2.45, 2.75) is 24.9 Å². The van der Waals surface area contributed by atoms with Crippen molar-refractivity contribution in [1.29, 1.82) is 0 Å². The van der Waals surface area contributed by atoms with Gasteiger partial charge in [0.25, 0.3) is 0 Å². The van der Waals surface area contributed by atoms with Gasteiger partial charge in [-0.1, -0.05) is 23.7 Å². The summed E-state index contributed by atoms with van der Waals surface area (Å²) in [7, 11) is 0. The zero-order chi connectivity index (χ0) is 12.2. The number of halogens is 1. The Morgan fingerprint density at radius 2 is 2.12 bits per heavy atom. The van der Waals surface area contributed by atoms with E-state index < -0.39 is 11.6 Å². The predicted molar refractivity (Wildman–Crippen MR) is 63.0 cm³/mol. The minimum Gasteiger partial charge on any atom is -0.481 e. The van der Waals surface area contributed by atoms with Crippen molar-refractivity contribution in [2.24, 2.45) is 11.5 Å². The monoisotopic (exact) mass is 242 g/mol. The highest BCUT2D eigenvalue weighted by atomic mass is 35.5. The maximum atomic E-state index is 10.4. The molecule has 5 heteroatoms. The van der Waals surface area contributed by atoms with Crippen molar-refractivity contribution in [3.63, 3.8) is 0 Å². The average molecular weight is 243 g/mol. The van der Waals surface area contributed by atoms with Gasteiger partial charge in [0.2, 0.25) is 0 Å². The van der Waals surface area contributed by atoms with Crippen LogP contribution in [-0.4, -0.2) is 11.1 Å². The van der Waals surface area contributed by atoms with Crippen molar-refractivity contribution in [3.05, 3.63) is 34.9 Å². The topological polar surface area (TPSA) is 89.3 Å². The highest BCUT2D eigenvalue weighted by Gasteiger charge is 2.21. The number of nitrogens with two attached hydrogens (primary N) is 2. The van der Waals surface area contributed by atoms with Crippen molar-refractivity contribution < 1.29 is 9.90 Å². The standard InChI is InChI=1S/C11H15ClN2O2/c12-9-4-1-3-8(7-9)11(13,14)6-2-5-10(15)16/h1,3-4,7H,2,5-6,13-14H2,(H,15,16). The summed E-state index contributed by atoms with van der Waals surface area (Å²) >= 11 is 5.83. The Labute approximate surface area is 99.2 Å². The third-order valence-corrected chi connectivity index (χ3v) is 2.58. The van der Waals surface area contributed by atoms with Crippen LogP contribution in [0.1, 0.15) is 24.8 Å². The Balaban J connectivity index is 2.66. The van der Waals surface area contributed by atoms with E-state index >= 15 is 0 Å². The van der Waals surface area contributed by atoms with Gasteiger partial charge in [0.15, 0.2) is 0 Å². The molecule has 16 heavy (non-hydrogen) atoms. The van der Waals surface area contributed by atoms with Crippen molar-refractivity contribution in [1.82, 2.24) is 0 Å². The van der Waals surface area contributed by atoms with E-state index in [4.69, 9.17) is 28.2 Å². The molecular weight excluding hydrogens is 228 g/mol. The highest BCUT2D eigenvalue weighted by molar-refractivity contribution is 6.30. The Morgan fingerprint density at radius 1 is 1.44 bits per heavy atom. The zero-order valence-electron chi connectivity index (χ0n) is 8.82. The van der Waals surface area contributed by atoms with Crippen molar-refractivity contribution in [3.8, 4) is 0 Å². The van der Waals surface area contributed by atoms with Gasteiger partial charge in [0.1, 0.15) is 0 Å². The number of hydrogen-bond acceptors (Lipinski definition) is 3. The molecular formula is C11H15ClN2O2. The van der Waals surface area contributed by atoms with Crippen LogP contribution in [0.25, 0.3) is 0 Å². The van der Waals surface area contributed by atoms with Gasteiger partial charge >= 0.3 is 5.97 Å². The van der Waals surface area contributed by atoms with Gasteiger partial charge in [0.05, 0.1) is 5.66 Å². The number of carboxylic acid groups (broad SMARTS) is 1. The molecule has 0 saturated heterocycles. The molecule has 0 unspecified atom stereocenters. The summed E-state index contributed by atoms with van der Waals surface area (Å²) in [5.41, 5.74) is 11.5. The van der Waals surface area contributed by atoms with E-state index in [-0.39, 0.29) is 6.42 Å². The maximum absolute atomic E-state index is 10.4. The van der Waals surface area contributed by atoms with Crippen LogP contribution in [0.2, 0.25) is 5.02 Å². The van der Waals surface area contributed by atoms with E-state index in [0.29, 0.717) is 23.4 Å². The quantitative estimate of drug-likeness (QED) is 0.685. The molecule has 0 aliphatic rings. The molecule has 0 spiro atoms. The number of carboxylic acids is 1. The largest absolute Gasteiger partial charge is 0.481 e. The smallest absolute Gasteiger partial charge is 0.303 e. The van der Waals surface area contributed by atoms with Gasteiger partial charge in [-0.3, -0.25) is 4.79 Å². The molecule has 0 saturated carbocycles. The fraction of sp³-hybridized carbons (Fsp3) is 0.364. The van der Waals surface area contributed by atoms with Crippen LogP contribution in [0.4, 0.5) is 0 Å². The van der Waals surface area contributed by atoms with E-state index in [0.717, 1.165) is 0 Å². The molecule has 0 heterocycles. The highest BCUT2D eigenvalue weighted by Crippen LogP contribution is 2.21. The lowest BCUT2D eigenvalue weighted by Gasteiger charge is -2.25. The van der Waals surface area contributed by atoms with Crippen LogP contribution >= 0.6 is 11.6 Å². The van der Waals surface area contributed by atoms with Gasteiger partial charge < -0.3 is 16.6 Å². The summed E-state index contributed by atoms with van der Waals surface area (Å²) in [6, 6.07) is 6.98. The first-order valence-electron chi connectivity index (χ1n) is 4.97. The Bertz CT molecular complexity index is 380. The summed E-state index contributed by atoms with van der Waals surface area (Å²) in [6.45, 7) is 0.